The lowest BCUT2D eigenvalue weighted by molar-refractivity contribution is 0.164. The highest BCUT2D eigenvalue weighted by Crippen LogP contribution is 2.49. The van der Waals surface area contributed by atoms with Gasteiger partial charge in [-0.2, -0.15) is 0 Å². The minimum Gasteiger partial charge on any atom is -0.307 e. The molecule has 110 valence electrons. The Bertz CT molecular complexity index is 440. The summed E-state index contributed by atoms with van der Waals surface area (Å²) in [5.41, 5.74) is 2.04. The zero-order chi connectivity index (χ0) is 14.0. The molecule has 0 radical (unpaired) electrons. The van der Waals surface area contributed by atoms with Crippen molar-refractivity contribution in [3.8, 4) is 0 Å². The van der Waals surface area contributed by atoms with Crippen LogP contribution in [0.15, 0.2) is 24.3 Å². The van der Waals surface area contributed by atoms with Crippen LogP contribution >= 0.6 is 11.6 Å². The number of hydrogen-bond acceptors (Lipinski definition) is 1. The molecular formula is C18H26ClN. The maximum absolute atomic E-state index is 6.09. The first-order valence-corrected chi connectivity index (χ1v) is 8.56. The van der Waals surface area contributed by atoms with Gasteiger partial charge in [0, 0.05) is 17.1 Å². The first-order chi connectivity index (χ1) is 9.67. The molecule has 20 heavy (non-hydrogen) atoms. The Hall–Kier alpha value is -0.530. The molecule has 0 heterocycles. The Morgan fingerprint density at radius 1 is 1.15 bits per heavy atom. The molecule has 1 atom stereocenters. The summed E-state index contributed by atoms with van der Waals surface area (Å²) in [6.07, 6.45) is 11.5. The molecule has 1 spiro atoms. The number of nitrogens with one attached hydrogen (secondary N) is 1. The molecule has 1 aromatic carbocycles. The van der Waals surface area contributed by atoms with Crippen molar-refractivity contribution in [3.05, 3.63) is 34.9 Å². The van der Waals surface area contributed by atoms with E-state index in [0.717, 1.165) is 10.4 Å². The van der Waals surface area contributed by atoms with Gasteiger partial charge in [-0.3, -0.25) is 0 Å². The first-order valence-electron chi connectivity index (χ1n) is 8.18. The van der Waals surface area contributed by atoms with Gasteiger partial charge >= 0.3 is 0 Å². The molecule has 2 saturated carbocycles. The monoisotopic (exact) mass is 291 g/mol. The van der Waals surface area contributed by atoms with Gasteiger partial charge in [-0.1, -0.05) is 36.6 Å². The minimum atomic E-state index is 0.399. The smallest absolute Gasteiger partial charge is 0.0409 e. The Labute approximate surface area is 128 Å². The lowest BCUT2D eigenvalue weighted by Crippen LogP contribution is -2.37. The molecule has 0 saturated heterocycles. The van der Waals surface area contributed by atoms with E-state index >= 15 is 0 Å². The Morgan fingerprint density at radius 3 is 2.50 bits per heavy atom. The number of halogens is 1. The average Bonchev–Trinajstić information content (AvgIpc) is 2.90. The largest absolute Gasteiger partial charge is 0.307 e. The van der Waals surface area contributed by atoms with Gasteiger partial charge < -0.3 is 5.32 Å². The molecule has 1 N–H and O–H groups in total. The summed E-state index contributed by atoms with van der Waals surface area (Å²) >= 11 is 6.09. The molecule has 2 aliphatic rings. The summed E-state index contributed by atoms with van der Waals surface area (Å²) in [5, 5.41) is 4.65. The van der Waals surface area contributed by atoms with Gasteiger partial charge in [0.05, 0.1) is 0 Å². The highest BCUT2D eigenvalue weighted by molar-refractivity contribution is 6.30. The lowest BCUT2D eigenvalue weighted by Gasteiger charge is -2.38. The fourth-order valence-corrected chi connectivity index (χ4v) is 4.45. The summed E-state index contributed by atoms with van der Waals surface area (Å²) in [6, 6.07) is 9.34. The lowest BCUT2D eigenvalue weighted by atomic mass is 9.71. The second-order valence-corrected chi connectivity index (χ2v) is 7.36. The predicted octanol–water partition coefficient (Wildman–Crippen LogP) is 5.49. The van der Waals surface area contributed by atoms with Crippen LogP contribution in [0, 0.1) is 5.41 Å². The molecule has 0 unspecified atom stereocenters. The van der Waals surface area contributed by atoms with Crippen molar-refractivity contribution in [3.63, 3.8) is 0 Å². The Kier molecular flexibility index (Phi) is 4.37. The summed E-state index contributed by atoms with van der Waals surface area (Å²) in [4.78, 5) is 0. The van der Waals surface area contributed by atoms with E-state index in [2.05, 4.69) is 24.4 Å². The van der Waals surface area contributed by atoms with Gasteiger partial charge in [0.1, 0.15) is 0 Å². The fourth-order valence-electron chi connectivity index (χ4n) is 4.25. The van der Waals surface area contributed by atoms with Crippen molar-refractivity contribution in [2.45, 2.75) is 70.4 Å². The SMILES string of the molecule is C[C@@H](NC1CCC2(CCCC2)CC1)c1cccc(Cl)c1. The van der Waals surface area contributed by atoms with Crippen LogP contribution in [0.1, 0.15) is 69.9 Å². The highest BCUT2D eigenvalue weighted by atomic mass is 35.5. The molecule has 2 aliphatic carbocycles. The van der Waals surface area contributed by atoms with Crippen LogP contribution in [0.3, 0.4) is 0 Å². The second kappa shape index (κ2) is 6.07. The molecule has 2 heteroatoms. The summed E-state index contributed by atoms with van der Waals surface area (Å²) in [7, 11) is 0. The van der Waals surface area contributed by atoms with Crippen molar-refractivity contribution < 1.29 is 0 Å². The van der Waals surface area contributed by atoms with Crippen molar-refractivity contribution in [1.82, 2.24) is 5.32 Å². The molecule has 1 aromatic rings. The standard InChI is InChI=1S/C18H26ClN/c1-14(15-5-4-6-16(19)13-15)20-17-7-11-18(12-8-17)9-2-3-10-18/h4-6,13-14,17,20H,2-3,7-12H2,1H3/t14-/m1/s1. The maximum atomic E-state index is 6.09. The quantitative estimate of drug-likeness (QED) is 0.776. The normalized spacial score (nSPS) is 24.1. The van der Waals surface area contributed by atoms with Gasteiger partial charge in [0.15, 0.2) is 0 Å². The third kappa shape index (κ3) is 3.20. The topological polar surface area (TPSA) is 12.0 Å². The van der Waals surface area contributed by atoms with Crippen LogP contribution < -0.4 is 5.32 Å². The molecule has 2 fully saturated rings. The van der Waals surface area contributed by atoms with Crippen LogP contribution in [0.2, 0.25) is 5.02 Å². The van der Waals surface area contributed by atoms with E-state index < -0.39 is 0 Å². The van der Waals surface area contributed by atoms with E-state index in [4.69, 9.17) is 11.6 Å². The van der Waals surface area contributed by atoms with E-state index in [-0.39, 0.29) is 0 Å². The van der Waals surface area contributed by atoms with E-state index in [1.165, 1.54) is 56.9 Å². The average molecular weight is 292 g/mol. The first kappa shape index (κ1) is 14.4. The Balaban J connectivity index is 1.54. The van der Waals surface area contributed by atoms with E-state index in [1.807, 2.05) is 12.1 Å². The molecule has 3 rings (SSSR count). The number of benzene rings is 1. The van der Waals surface area contributed by atoms with Crippen LogP contribution in [-0.4, -0.2) is 6.04 Å². The van der Waals surface area contributed by atoms with Gasteiger partial charge in [-0.15, -0.1) is 0 Å². The molecular weight excluding hydrogens is 266 g/mol. The van der Waals surface area contributed by atoms with Crippen LogP contribution in [0.5, 0.6) is 0 Å². The highest BCUT2D eigenvalue weighted by Gasteiger charge is 2.37. The van der Waals surface area contributed by atoms with E-state index in [0.29, 0.717) is 12.1 Å². The van der Waals surface area contributed by atoms with Gasteiger partial charge in [0.25, 0.3) is 0 Å². The van der Waals surface area contributed by atoms with Crippen molar-refractivity contribution in [1.29, 1.82) is 0 Å². The zero-order valence-electron chi connectivity index (χ0n) is 12.5. The van der Waals surface area contributed by atoms with Crippen LogP contribution in [-0.2, 0) is 0 Å². The Morgan fingerprint density at radius 2 is 1.85 bits per heavy atom. The van der Waals surface area contributed by atoms with Gasteiger partial charge in [0.2, 0.25) is 0 Å². The van der Waals surface area contributed by atoms with E-state index in [9.17, 15) is 0 Å². The maximum Gasteiger partial charge on any atom is 0.0409 e. The number of rotatable bonds is 3. The van der Waals surface area contributed by atoms with Crippen molar-refractivity contribution in [2.24, 2.45) is 5.41 Å². The summed E-state index contributed by atoms with van der Waals surface area (Å²) < 4.78 is 0. The molecule has 0 aliphatic heterocycles. The summed E-state index contributed by atoms with van der Waals surface area (Å²) in [5.74, 6) is 0. The molecule has 0 bridgehead atoms. The third-order valence-corrected chi connectivity index (χ3v) is 5.78. The van der Waals surface area contributed by atoms with E-state index in [1.54, 1.807) is 0 Å². The fraction of sp³-hybridized carbons (Fsp3) is 0.667. The van der Waals surface area contributed by atoms with Crippen molar-refractivity contribution in [2.75, 3.05) is 0 Å². The van der Waals surface area contributed by atoms with Gasteiger partial charge in [-0.05, 0) is 68.6 Å². The van der Waals surface area contributed by atoms with Crippen LogP contribution in [0.4, 0.5) is 0 Å². The minimum absolute atomic E-state index is 0.399. The molecule has 1 nitrogen and oxygen atoms in total. The number of hydrogen-bond donors (Lipinski definition) is 1. The predicted molar refractivity (Wildman–Crippen MR) is 86.2 cm³/mol. The zero-order valence-corrected chi connectivity index (χ0v) is 13.3. The molecule has 0 aromatic heterocycles. The van der Waals surface area contributed by atoms with Crippen molar-refractivity contribution >= 4 is 11.6 Å². The second-order valence-electron chi connectivity index (χ2n) is 6.92. The summed E-state index contributed by atoms with van der Waals surface area (Å²) in [6.45, 7) is 2.26. The molecule has 0 amide bonds. The third-order valence-electron chi connectivity index (χ3n) is 5.54. The van der Waals surface area contributed by atoms with Crippen LogP contribution in [0.25, 0.3) is 0 Å². The van der Waals surface area contributed by atoms with Gasteiger partial charge in [-0.25, -0.2) is 0 Å².